The Morgan fingerprint density at radius 1 is 1.04 bits per heavy atom. The molecule has 2 atom stereocenters. The van der Waals surface area contributed by atoms with Gasteiger partial charge in [0.2, 0.25) is 11.7 Å². The lowest BCUT2D eigenvalue weighted by molar-refractivity contribution is -0.119. The second-order valence-corrected chi connectivity index (χ2v) is 6.87. The maximum absolute atomic E-state index is 11.9. The first-order valence-electron chi connectivity index (χ1n) is 6.54. The lowest BCUT2D eigenvalue weighted by Gasteiger charge is -2.15. The monoisotopic (exact) mass is 452 g/mol. The number of hydrogen-bond acceptors (Lipinski definition) is 5. The van der Waals surface area contributed by atoms with Crippen molar-refractivity contribution in [1.29, 1.82) is 0 Å². The van der Waals surface area contributed by atoms with Gasteiger partial charge in [0.1, 0.15) is 4.83 Å². The number of rotatable bonds is 6. The Balaban J connectivity index is 2.88. The second-order valence-electron chi connectivity index (χ2n) is 4.44. The quantitative estimate of drug-likeness (QED) is 0.646. The predicted octanol–water partition coefficient (Wildman–Crippen LogP) is 2.91. The number of imide groups is 1. The molecule has 9 heteroatoms. The van der Waals surface area contributed by atoms with Gasteiger partial charge in [-0.05, 0) is 0 Å². The van der Waals surface area contributed by atoms with E-state index in [0.717, 1.165) is 0 Å². The Morgan fingerprint density at radius 3 is 1.96 bits per heavy atom. The van der Waals surface area contributed by atoms with Crippen LogP contribution in [0.1, 0.15) is 6.92 Å². The minimum atomic E-state index is -0.665. The van der Waals surface area contributed by atoms with Crippen LogP contribution in [-0.4, -0.2) is 42.9 Å². The highest BCUT2D eigenvalue weighted by Crippen LogP contribution is 2.39. The number of benzene rings is 1. The number of halogens is 2. The van der Waals surface area contributed by atoms with Crippen LogP contribution in [0.3, 0.4) is 0 Å². The fourth-order valence-corrected chi connectivity index (χ4v) is 2.06. The third-order valence-corrected chi connectivity index (χ3v) is 5.26. The molecule has 3 amide bonds. The van der Waals surface area contributed by atoms with Gasteiger partial charge in [-0.25, -0.2) is 4.79 Å². The summed E-state index contributed by atoms with van der Waals surface area (Å²) in [4.78, 5) is 23.1. The van der Waals surface area contributed by atoms with E-state index >= 15 is 0 Å². The van der Waals surface area contributed by atoms with Gasteiger partial charge in [0.15, 0.2) is 11.5 Å². The van der Waals surface area contributed by atoms with E-state index in [1.54, 1.807) is 19.1 Å². The van der Waals surface area contributed by atoms with E-state index < -0.39 is 16.8 Å². The largest absolute Gasteiger partial charge is 0.493 e. The van der Waals surface area contributed by atoms with Crippen molar-refractivity contribution in [1.82, 2.24) is 5.32 Å². The average Bonchev–Trinajstić information content (AvgIpc) is 2.52. The van der Waals surface area contributed by atoms with Gasteiger partial charge < -0.3 is 19.5 Å². The van der Waals surface area contributed by atoms with Gasteiger partial charge in [-0.1, -0.05) is 38.8 Å². The Morgan fingerprint density at radius 2 is 1.57 bits per heavy atom. The zero-order valence-electron chi connectivity index (χ0n) is 13.1. The van der Waals surface area contributed by atoms with Crippen LogP contribution < -0.4 is 24.8 Å². The molecule has 1 rings (SSSR count). The van der Waals surface area contributed by atoms with E-state index in [2.05, 4.69) is 42.5 Å². The van der Waals surface area contributed by atoms with E-state index in [1.807, 2.05) is 0 Å². The maximum atomic E-state index is 11.9. The number of alkyl halides is 2. The number of anilines is 1. The molecule has 1 aromatic carbocycles. The van der Waals surface area contributed by atoms with Crippen molar-refractivity contribution < 1.29 is 23.8 Å². The van der Waals surface area contributed by atoms with E-state index in [0.29, 0.717) is 22.9 Å². The van der Waals surface area contributed by atoms with Crippen LogP contribution in [0, 0.1) is 0 Å². The van der Waals surface area contributed by atoms with Gasteiger partial charge >= 0.3 is 6.03 Å². The normalized spacial score (nSPS) is 12.8. The number of carbonyl (C=O) groups excluding carboxylic acids is 2. The number of hydrogen-bond donors (Lipinski definition) is 2. The summed E-state index contributed by atoms with van der Waals surface area (Å²) >= 11 is 6.45. The van der Waals surface area contributed by atoms with Gasteiger partial charge in [0, 0.05) is 17.0 Å². The Kier molecular flexibility index (Phi) is 7.63. The fourth-order valence-electron chi connectivity index (χ4n) is 1.71. The molecule has 0 fully saturated rings. The lowest BCUT2D eigenvalue weighted by Crippen LogP contribution is -2.41. The molecule has 0 saturated carbocycles. The van der Waals surface area contributed by atoms with Gasteiger partial charge in [-0.2, -0.15) is 0 Å². The van der Waals surface area contributed by atoms with Crippen molar-refractivity contribution in [3.63, 3.8) is 0 Å². The lowest BCUT2D eigenvalue weighted by atomic mass is 10.2. The highest BCUT2D eigenvalue weighted by atomic mass is 79.9. The van der Waals surface area contributed by atoms with Crippen molar-refractivity contribution in [3.05, 3.63) is 12.1 Å². The summed E-state index contributed by atoms with van der Waals surface area (Å²) in [5, 5.41) is 4.78. The van der Waals surface area contributed by atoms with Crippen LogP contribution in [0.15, 0.2) is 12.1 Å². The molecule has 128 valence electrons. The van der Waals surface area contributed by atoms with Gasteiger partial charge in [-0.15, -0.1) is 0 Å². The average molecular weight is 454 g/mol. The SMILES string of the molecule is COc1cc(NC(=O)NC(=O)C(Br)C(C)Br)cc(OC)c1OC. The number of nitrogens with one attached hydrogen (secondary N) is 2. The standard InChI is InChI=1S/C14H18Br2N2O5/c1-7(15)11(16)13(19)18-14(20)17-8-5-9(21-2)12(23-4)10(6-8)22-3/h5-7,11H,1-4H3,(H2,17,18,19,20). The highest BCUT2D eigenvalue weighted by molar-refractivity contribution is 9.12. The molecule has 23 heavy (non-hydrogen) atoms. The smallest absolute Gasteiger partial charge is 0.325 e. The molecule has 0 aliphatic rings. The molecule has 0 aliphatic heterocycles. The molecular weight excluding hydrogens is 436 g/mol. The third kappa shape index (κ3) is 5.28. The molecule has 2 unspecified atom stereocenters. The number of ether oxygens (including phenoxy) is 3. The summed E-state index contributed by atoms with van der Waals surface area (Å²) in [5.41, 5.74) is 0.391. The van der Waals surface area contributed by atoms with Crippen LogP contribution in [0.4, 0.5) is 10.5 Å². The first-order chi connectivity index (χ1) is 10.8. The molecule has 2 N–H and O–H groups in total. The van der Waals surface area contributed by atoms with E-state index in [9.17, 15) is 9.59 Å². The van der Waals surface area contributed by atoms with Crippen molar-refractivity contribution in [2.45, 2.75) is 16.6 Å². The van der Waals surface area contributed by atoms with E-state index in [1.165, 1.54) is 21.3 Å². The van der Waals surface area contributed by atoms with Crippen molar-refractivity contribution >= 4 is 49.5 Å². The molecule has 0 radical (unpaired) electrons. The number of urea groups is 1. The van der Waals surface area contributed by atoms with E-state index in [-0.39, 0.29) is 4.83 Å². The molecule has 0 aliphatic carbocycles. The number of methoxy groups -OCH3 is 3. The first-order valence-corrected chi connectivity index (χ1v) is 8.37. The molecule has 1 aromatic rings. The van der Waals surface area contributed by atoms with Crippen LogP contribution in [0.5, 0.6) is 17.2 Å². The zero-order valence-corrected chi connectivity index (χ0v) is 16.3. The van der Waals surface area contributed by atoms with Crippen LogP contribution in [0.2, 0.25) is 0 Å². The van der Waals surface area contributed by atoms with Crippen LogP contribution >= 0.6 is 31.9 Å². The number of carbonyl (C=O) groups is 2. The summed E-state index contributed by atoms with van der Waals surface area (Å²) in [5.74, 6) is 0.729. The van der Waals surface area contributed by atoms with E-state index in [4.69, 9.17) is 14.2 Å². The molecule has 0 saturated heterocycles. The van der Waals surface area contributed by atoms with Crippen LogP contribution in [-0.2, 0) is 4.79 Å². The minimum Gasteiger partial charge on any atom is -0.493 e. The van der Waals surface area contributed by atoms with Crippen molar-refractivity contribution in [2.75, 3.05) is 26.6 Å². The van der Waals surface area contributed by atoms with Gasteiger partial charge in [-0.3, -0.25) is 10.1 Å². The molecular formula is C14H18Br2N2O5. The zero-order chi connectivity index (χ0) is 17.6. The number of amides is 3. The summed E-state index contributed by atoms with van der Waals surface area (Å²) in [6.07, 6.45) is 0. The molecule has 0 spiro atoms. The van der Waals surface area contributed by atoms with Gasteiger partial charge in [0.25, 0.3) is 0 Å². The first kappa shape index (κ1) is 19.6. The highest BCUT2D eigenvalue weighted by Gasteiger charge is 2.22. The molecule has 0 aromatic heterocycles. The maximum Gasteiger partial charge on any atom is 0.325 e. The summed E-state index contributed by atoms with van der Waals surface area (Å²) in [7, 11) is 4.42. The summed E-state index contributed by atoms with van der Waals surface area (Å²) in [6.45, 7) is 1.79. The second kappa shape index (κ2) is 8.97. The summed E-state index contributed by atoms with van der Waals surface area (Å²) < 4.78 is 15.6. The minimum absolute atomic E-state index is 0.128. The Labute approximate surface area is 151 Å². The Hall–Kier alpha value is -1.48. The summed E-state index contributed by atoms with van der Waals surface area (Å²) in [6, 6.07) is 2.45. The topological polar surface area (TPSA) is 85.9 Å². The van der Waals surface area contributed by atoms with Crippen molar-refractivity contribution in [3.8, 4) is 17.2 Å². The predicted molar refractivity (Wildman–Crippen MR) is 94.4 cm³/mol. The molecule has 0 heterocycles. The molecule has 0 bridgehead atoms. The van der Waals surface area contributed by atoms with Crippen molar-refractivity contribution in [2.24, 2.45) is 0 Å². The third-order valence-electron chi connectivity index (χ3n) is 2.81. The van der Waals surface area contributed by atoms with Crippen LogP contribution in [0.25, 0.3) is 0 Å². The van der Waals surface area contributed by atoms with Gasteiger partial charge in [0.05, 0.1) is 27.0 Å². The fraction of sp³-hybridized carbons (Fsp3) is 0.429. The molecule has 7 nitrogen and oxygen atoms in total. The Bertz CT molecular complexity index is 555.